The Morgan fingerprint density at radius 2 is 0.933 bits per heavy atom. The zero-order chi connectivity index (χ0) is 43.6. The Morgan fingerprint density at radius 3 is 1.40 bits per heavy atom. The lowest BCUT2D eigenvalue weighted by molar-refractivity contribution is -0.305. The molecule has 1 fully saturated rings. The van der Waals surface area contributed by atoms with Crippen molar-refractivity contribution in [1.29, 1.82) is 0 Å². The van der Waals surface area contributed by atoms with Crippen molar-refractivity contribution in [3.63, 3.8) is 0 Å². The second kappa shape index (κ2) is 43.2. The van der Waals surface area contributed by atoms with Crippen molar-refractivity contribution >= 4 is 5.97 Å². The summed E-state index contributed by atoms with van der Waals surface area (Å²) in [5, 5.41) is 40.2. The summed E-state index contributed by atoms with van der Waals surface area (Å²) in [6.07, 6.45) is 42.6. The number of esters is 1. The van der Waals surface area contributed by atoms with Gasteiger partial charge >= 0.3 is 5.97 Å². The van der Waals surface area contributed by atoms with Crippen LogP contribution in [0.4, 0.5) is 0 Å². The molecule has 9 heteroatoms. The number of carbonyl (C=O) groups excluding carboxylic acids is 1. The molecule has 4 N–H and O–H groups in total. The molecule has 0 saturated carbocycles. The summed E-state index contributed by atoms with van der Waals surface area (Å²) < 4.78 is 22.8. The lowest BCUT2D eigenvalue weighted by Crippen LogP contribution is -2.59. The van der Waals surface area contributed by atoms with Gasteiger partial charge in [0.15, 0.2) is 6.29 Å². The average Bonchev–Trinajstić information content (AvgIpc) is 3.25. The largest absolute Gasteiger partial charge is 0.457 e. The lowest BCUT2D eigenvalue weighted by atomic mass is 9.99. The maximum Gasteiger partial charge on any atom is 0.306 e. The summed E-state index contributed by atoms with van der Waals surface area (Å²) in [7, 11) is 0. The summed E-state index contributed by atoms with van der Waals surface area (Å²) in [5.41, 5.74) is 0. The quantitative estimate of drug-likeness (QED) is 0.0268. The van der Waals surface area contributed by atoms with Crippen LogP contribution in [0.15, 0.2) is 12.2 Å². The van der Waals surface area contributed by atoms with Gasteiger partial charge in [0, 0.05) is 13.0 Å². The molecule has 1 heterocycles. The van der Waals surface area contributed by atoms with Gasteiger partial charge in [-0.2, -0.15) is 0 Å². The monoisotopic (exact) mass is 855 g/mol. The molecule has 1 saturated heterocycles. The number of ether oxygens (including phenoxy) is 4. The molecule has 1 rings (SSSR count). The topological polar surface area (TPSA) is 135 Å². The van der Waals surface area contributed by atoms with E-state index < -0.39 is 43.4 Å². The van der Waals surface area contributed by atoms with Gasteiger partial charge in [0.25, 0.3) is 0 Å². The van der Waals surface area contributed by atoms with Crippen molar-refractivity contribution in [2.45, 2.75) is 282 Å². The Balaban J connectivity index is 2.13. The molecule has 356 valence electrons. The number of hydrogen-bond acceptors (Lipinski definition) is 9. The first-order valence-electron chi connectivity index (χ1n) is 25.8. The summed E-state index contributed by atoms with van der Waals surface area (Å²) >= 11 is 0. The molecule has 0 spiro atoms. The molecule has 0 radical (unpaired) electrons. The fourth-order valence-corrected chi connectivity index (χ4v) is 8.12. The van der Waals surface area contributed by atoms with Crippen LogP contribution in [0.2, 0.25) is 0 Å². The fraction of sp³-hybridized carbons (Fsp3) is 0.941. The molecule has 0 bridgehead atoms. The van der Waals surface area contributed by atoms with E-state index in [1.54, 1.807) is 0 Å². The van der Waals surface area contributed by atoms with E-state index in [-0.39, 0.29) is 19.2 Å². The Morgan fingerprint density at radius 1 is 0.517 bits per heavy atom. The number of rotatable bonds is 45. The molecule has 0 aromatic heterocycles. The molecule has 0 amide bonds. The zero-order valence-corrected chi connectivity index (χ0v) is 39.2. The van der Waals surface area contributed by atoms with Crippen LogP contribution in [0.1, 0.15) is 245 Å². The molecule has 1 aliphatic heterocycles. The van der Waals surface area contributed by atoms with Gasteiger partial charge in [-0.3, -0.25) is 4.79 Å². The third kappa shape index (κ3) is 33.5. The smallest absolute Gasteiger partial charge is 0.306 e. The van der Waals surface area contributed by atoms with Gasteiger partial charge in [-0.25, -0.2) is 0 Å². The van der Waals surface area contributed by atoms with Crippen molar-refractivity contribution in [1.82, 2.24) is 0 Å². The Hall–Kier alpha value is -1.07. The minimum atomic E-state index is -1.53. The molecule has 6 atom stereocenters. The van der Waals surface area contributed by atoms with E-state index in [4.69, 9.17) is 18.9 Å². The van der Waals surface area contributed by atoms with Crippen LogP contribution in [0, 0.1) is 0 Å². The van der Waals surface area contributed by atoms with E-state index in [0.29, 0.717) is 13.0 Å². The van der Waals surface area contributed by atoms with Crippen LogP contribution in [-0.4, -0.2) is 89.6 Å². The number of unbranched alkanes of at least 4 members (excludes halogenated alkanes) is 32. The minimum Gasteiger partial charge on any atom is -0.457 e. The van der Waals surface area contributed by atoms with E-state index in [0.717, 1.165) is 38.5 Å². The van der Waals surface area contributed by atoms with E-state index in [9.17, 15) is 25.2 Å². The molecule has 60 heavy (non-hydrogen) atoms. The predicted octanol–water partition coefficient (Wildman–Crippen LogP) is 12.4. The Kier molecular flexibility index (Phi) is 41.0. The van der Waals surface area contributed by atoms with E-state index >= 15 is 0 Å². The summed E-state index contributed by atoms with van der Waals surface area (Å²) in [4.78, 5) is 12.8. The van der Waals surface area contributed by atoms with Gasteiger partial charge in [0.1, 0.15) is 30.5 Å². The first kappa shape index (κ1) is 56.9. The second-order valence-electron chi connectivity index (χ2n) is 18.0. The molecule has 0 aromatic carbocycles. The van der Waals surface area contributed by atoms with Gasteiger partial charge in [0.05, 0.1) is 19.8 Å². The molecule has 0 aliphatic carbocycles. The lowest BCUT2D eigenvalue weighted by Gasteiger charge is -2.39. The highest BCUT2D eigenvalue weighted by Gasteiger charge is 2.44. The van der Waals surface area contributed by atoms with Gasteiger partial charge in [-0.05, 0) is 32.1 Å². The van der Waals surface area contributed by atoms with Crippen LogP contribution >= 0.6 is 0 Å². The fourth-order valence-electron chi connectivity index (χ4n) is 8.12. The van der Waals surface area contributed by atoms with Crippen molar-refractivity contribution in [3.05, 3.63) is 12.2 Å². The highest BCUT2D eigenvalue weighted by Crippen LogP contribution is 2.23. The van der Waals surface area contributed by atoms with Gasteiger partial charge < -0.3 is 39.4 Å². The van der Waals surface area contributed by atoms with Crippen LogP contribution in [0.5, 0.6) is 0 Å². The maximum absolute atomic E-state index is 12.8. The molecular weight excluding hydrogens is 757 g/mol. The normalized spacial score (nSPS) is 20.0. The highest BCUT2D eigenvalue weighted by molar-refractivity contribution is 5.69. The highest BCUT2D eigenvalue weighted by atomic mass is 16.7. The third-order valence-electron chi connectivity index (χ3n) is 12.2. The minimum absolute atomic E-state index is 0.110. The van der Waals surface area contributed by atoms with Crippen LogP contribution in [-0.2, 0) is 23.7 Å². The van der Waals surface area contributed by atoms with E-state index in [2.05, 4.69) is 26.0 Å². The van der Waals surface area contributed by atoms with Gasteiger partial charge in [0.2, 0.25) is 0 Å². The SMILES string of the molecule is CCCC/C=C\CCCCCCCCOCC(COC1OC(CO)C(O)C(O)C1O)OC(=O)CCCCCCCCCCCCCCCCCCCCCCCCCCC. The number of aliphatic hydroxyl groups is 4. The summed E-state index contributed by atoms with van der Waals surface area (Å²) in [6.45, 7) is 4.56. The Labute approximate surface area is 369 Å². The van der Waals surface area contributed by atoms with E-state index in [1.807, 2.05) is 0 Å². The number of carbonyl (C=O) groups is 1. The van der Waals surface area contributed by atoms with E-state index in [1.165, 1.54) is 186 Å². The molecule has 1 aliphatic rings. The average molecular weight is 855 g/mol. The van der Waals surface area contributed by atoms with Crippen molar-refractivity contribution in [2.24, 2.45) is 0 Å². The Bertz CT molecular complexity index is 930. The van der Waals surface area contributed by atoms with Crippen molar-refractivity contribution in [2.75, 3.05) is 26.4 Å². The number of allylic oxidation sites excluding steroid dienone is 2. The third-order valence-corrected chi connectivity index (χ3v) is 12.2. The number of aliphatic hydroxyl groups excluding tert-OH is 4. The van der Waals surface area contributed by atoms with Crippen LogP contribution < -0.4 is 0 Å². The standard InChI is InChI=1S/C51H98O9/c1-3-5-7-9-11-13-15-17-18-19-20-21-22-23-24-25-26-27-28-29-30-32-34-36-38-40-47(53)59-45(44-58-51-50(56)49(55)48(54)46(42-52)60-51)43-57-41-39-37-35-33-31-16-14-12-10-8-6-4-2/h10,12,45-46,48-52,54-56H,3-9,11,13-44H2,1-2H3/b12-10-. The first-order chi connectivity index (χ1) is 29.4. The zero-order valence-electron chi connectivity index (χ0n) is 39.2. The second-order valence-corrected chi connectivity index (χ2v) is 18.0. The van der Waals surface area contributed by atoms with Gasteiger partial charge in [-0.15, -0.1) is 0 Å². The maximum atomic E-state index is 12.8. The van der Waals surface area contributed by atoms with Crippen LogP contribution in [0.25, 0.3) is 0 Å². The predicted molar refractivity (Wildman–Crippen MR) is 247 cm³/mol. The van der Waals surface area contributed by atoms with Gasteiger partial charge in [-0.1, -0.05) is 219 Å². The van der Waals surface area contributed by atoms with Crippen LogP contribution in [0.3, 0.4) is 0 Å². The summed E-state index contributed by atoms with van der Waals surface area (Å²) in [6, 6.07) is 0. The molecular formula is C51H98O9. The van der Waals surface area contributed by atoms with Crippen molar-refractivity contribution < 1.29 is 44.2 Å². The molecule has 0 aromatic rings. The summed E-state index contributed by atoms with van der Waals surface area (Å²) in [5.74, 6) is -0.310. The molecule has 6 unspecified atom stereocenters. The molecule has 9 nitrogen and oxygen atoms in total. The van der Waals surface area contributed by atoms with Crippen molar-refractivity contribution in [3.8, 4) is 0 Å². The first-order valence-corrected chi connectivity index (χ1v) is 25.8. The number of hydrogen-bond donors (Lipinski definition) is 4.